The van der Waals surface area contributed by atoms with E-state index in [0.717, 1.165) is 49.7 Å². The van der Waals surface area contributed by atoms with E-state index in [4.69, 9.17) is 4.74 Å². The average molecular weight is 438 g/mol. The molecule has 1 saturated heterocycles. The van der Waals surface area contributed by atoms with Crippen molar-refractivity contribution < 1.29 is 13.9 Å². The van der Waals surface area contributed by atoms with Crippen molar-refractivity contribution in [2.75, 3.05) is 51.3 Å². The number of anilines is 1. The number of piperazine rings is 1. The first-order valence-corrected chi connectivity index (χ1v) is 10.8. The molecule has 0 spiro atoms. The standard InChI is InChI=1S/C24H28FN5O2/c1-18-3-8-23(32-2)22(17-18)30-11-9-21(27-30)24(31)26-10-12-28-13-15-29(16-14-28)20-6-4-19(25)5-7-20/h3-9,11,17H,10,12-16H2,1-2H3,(H,26,31). The Morgan fingerprint density at radius 1 is 1.09 bits per heavy atom. The van der Waals surface area contributed by atoms with Gasteiger partial charge in [0, 0.05) is 51.2 Å². The Labute approximate surface area is 187 Å². The van der Waals surface area contributed by atoms with Crippen LogP contribution < -0.4 is 15.0 Å². The highest BCUT2D eigenvalue weighted by molar-refractivity contribution is 5.92. The lowest BCUT2D eigenvalue weighted by Gasteiger charge is -2.36. The van der Waals surface area contributed by atoms with E-state index < -0.39 is 0 Å². The molecule has 7 nitrogen and oxygen atoms in total. The lowest BCUT2D eigenvalue weighted by Crippen LogP contribution is -2.48. The van der Waals surface area contributed by atoms with Crippen LogP contribution in [0.2, 0.25) is 0 Å². The van der Waals surface area contributed by atoms with Crippen LogP contribution in [0.15, 0.2) is 54.7 Å². The van der Waals surface area contributed by atoms with Crippen molar-refractivity contribution in [1.82, 2.24) is 20.0 Å². The van der Waals surface area contributed by atoms with Crippen LogP contribution >= 0.6 is 0 Å². The number of aromatic nitrogens is 2. The van der Waals surface area contributed by atoms with Gasteiger partial charge >= 0.3 is 0 Å². The Kier molecular flexibility index (Phi) is 6.70. The lowest BCUT2D eigenvalue weighted by molar-refractivity contribution is 0.0942. The molecule has 1 aliphatic heterocycles. The monoisotopic (exact) mass is 437 g/mol. The molecule has 1 fully saturated rings. The molecule has 8 heteroatoms. The largest absolute Gasteiger partial charge is 0.494 e. The number of carbonyl (C=O) groups excluding carboxylic acids is 1. The number of aryl methyl sites for hydroxylation is 1. The summed E-state index contributed by atoms with van der Waals surface area (Å²) in [6.07, 6.45) is 1.76. The minimum absolute atomic E-state index is 0.194. The van der Waals surface area contributed by atoms with E-state index in [1.807, 2.05) is 37.3 Å². The van der Waals surface area contributed by atoms with E-state index >= 15 is 0 Å². The minimum Gasteiger partial charge on any atom is -0.494 e. The summed E-state index contributed by atoms with van der Waals surface area (Å²) in [6, 6.07) is 14.2. The molecule has 2 heterocycles. The van der Waals surface area contributed by atoms with Gasteiger partial charge in [-0.3, -0.25) is 9.69 Å². The number of nitrogens with one attached hydrogen (secondary N) is 1. The van der Waals surface area contributed by atoms with Crippen molar-refractivity contribution in [2.24, 2.45) is 0 Å². The smallest absolute Gasteiger partial charge is 0.271 e. The number of halogens is 1. The Balaban J connectivity index is 1.26. The van der Waals surface area contributed by atoms with Gasteiger partial charge in [-0.05, 0) is 55.0 Å². The number of ether oxygens (including phenoxy) is 1. The molecule has 4 rings (SSSR count). The van der Waals surface area contributed by atoms with Crippen molar-refractivity contribution in [1.29, 1.82) is 0 Å². The van der Waals surface area contributed by atoms with Gasteiger partial charge in [0.05, 0.1) is 7.11 Å². The minimum atomic E-state index is -0.217. The average Bonchev–Trinajstić information content (AvgIpc) is 3.30. The Bertz CT molecular complexity index is 1060. The molecule has 0 saturated carbocycles. The van der Waals surface area contributed by atoms with E-state index in [9.17, 15) is 9.18 Å². The summed E-state index contributed by atoms with van der Waals surface area (Å²) in [6.45, 7) is 6.87. The zero-order valence-corrected chi connectivity index (χ0v) is 18.4. The van der Waals surface area contributed by atoms with Gasteiger partial charge in [-0.2, -0.15) is 5.10 Å². The summed E-state index contributed by atoms with van der Waals surface area (Å²) in [7, 11) is 1.62. The molecule has 32 heavy (non-hydrogen) atoms. The van der Waals surface area contributed by atoms with Gasteiger partial charge < -0.3 is 15.0 Å². The maximum absolute atomic E-state index is 13.1. The van der Waals surface area contributed by atoms with Crippen LogP contribution in [0.3, 0.4) is 0 Å². The molecule has 1 amide bonds. The Hall–Kier alpha value is -3.39. The van der Waals surface area contributed by atoms with Gasteiger partial charge in [0.2, 0.25) is 0 Å². The summed E-state index contributed by atoms with van der Waals surface area (Å²) in [5.41, 5.74) is 3.29. The van der Waals surface area contributed by atoms with Crippen molar-refractivity contribution in [3.05, 3.63) is 71.8 Å². The van der Waals surface area contributed by atoms with E-state index in [1.165, 1.54) is 12.1 Å². The van der Waals surface area contributed by atoms with Crippen LogP contribution in [0.1, 0.15) is 16.1 Å². The SMILES string of the molecule is COc1ccc(C)cc1-n1ccc(C(=O)NCCN2CCN(c3ccc(F)cc3)CC2)n1. The zero-order chi connectivity index (χ0) is 22.5. The van der Waals surface area contributed by atoms with Crippen molar-refractivity contribution in [2.45, 2.75) is 6.92 Å². The van der Waals surface area contributed by atoms with E-state index in [-0.39, 0.29) is 11.7 Å². The van der Waals surface area contributed by atoms with Crippen LogP contribution in [-0.2, 0) is 0 Å². The zero-order valence-electron chi connectivity index (χ0n) is 18.4. The molecule has 1 N–H and O–H groups in total. The fourth-order valence-corrected chi connectivity index (χ4v) is 3.86. The van der Waals surface area contributed by atoms with Gasteiger partial charge in [-0.25, -0.2) is 9.07 Å². The fourth-order valence-electron chi connectivity index (χ4n) is 3.86. The first-order chi connectivity index (χ1) is 15.5. The van der Waals surface area contributed by atoms with Crippen LogP contribution in [-0.4, -0.2) is 67.0 Å². The first kappa shape index (κ1) is 21.8. The highest BCUT2D eigenvalue weighted by atomic mass is 19.1. The van der Waals surface area contributed by atoms with Crippen molar-refractivity contribution in [3.63, 3.8) is 0 Å². The molecule has 0 unspecified atom stereocenters. The van der Waals surface area contributed by atoms with Gasteiger partial charge in [0.1, 0.15) is 17.3 Å². The molecule has 0 radical (unpaired) electrons. The van der Waals surface area contributed by atoms with Crippen molar-refractivity contribution >= 4 is 11.6 Å². The van der Waals surface area contributed by atoms with E-state index in [2.05, 4.69) is 20.2 Å². The third kappa shape index (κ3) is 5.08. The molecule has 0 aliphatic carbocycles. The molecule has 1 aromatic heterocycles. The second-order valence-electron chi connectivity index (χ2n) is 7.88. The molecule has 3 aromatic rings. The quantitative estimate of drug-likeness (QED) is 0.616. The number of amides is 1. The summed E-state index contributed by atoms with van der Waals surface area (Å²) in [5, 5.41) is 7.38. The Morgan fingerprint density at radius 2 is 1.84 bits per heavy atom. The Morgan fingerprint density at radius 3 is 2.56 bits per heavy atom. The first-order valence-electron chi connectivity index (χ1n) is 10.8. The molecule has 0 bridgehead atoms. The van der Waals surface area contributed by atoms with Gasteiger partial charge in [-0.1, -0.05) is 6.07 Å². The number of rotatable bonds is 7. The number of methoxy groups -OCH3 is 1. The maximum atomic E-state index is 13.1. The van der Waals surface area contributed by atoms with Gasteiger partial charge in [0.25, 0.3) is 5.91 Å². The maximum Gasteiger partial charge on any atom is 0.271 e. The predicted molar refractivity (Wildman–Crippen MR) is 122 cm³/mol. The second kappa shape index (κ2) is 9.82. The van der Waals surface area contributed by atoms with Gasteiger partial charge in [0.15, 0.2) is 5.69 Å². The van der Waals surface area contributed by atoms with Crippen molar-refractivity contribution in [3.8, 4) is 11.4 Å². The molecular weight excluding hydrogens is 409 g/mol. The third-order valence-corrected chi connectivity index (χ3v) is 5.68. The van der Waals surface area contributed by atoms with Crippen LogP contribution in [0.5, 0.6) is 5.75 Å². The molecular formula is C24H28FN5O2. The number of hydrogen-bond acceptors (Lipinski definition) is 5. The van der Waals surface area contributed by atoms with E-state index in [1.54, 1.807) is 24.1 Å². The normalized spacial score (nSPS) is 14.4. The van der Waals surface area contributed by atoms with Crippen LogP contribution in [0, 0.1) is 12.7 Å². The molecule has 1 aliphatic rings. The van der Waals surface area contributed by atoms with E-state index in [0.29, 0.717) is 18.0 Å². The third-order valence-electron chi connectivity index (χ3n) is 5.68. The topological polar surface area (TPSA) is 62.6 Å². The summed E-state index contributed by atoms with van der Waals surface area (Å²) in [5.74, 6) is 0.289. The molecule has 0 atom stereocenters. The summed E-state index contributed by atoms with van der Waals surface area (Å²) >= 11 is 0. The van der Waals surface area contributed by atoms with Crippen LogP contribution in [0.4, 0.5) is 10.1 Å². The lowest BCUT2D eigenvalue weighted by atomic mass is 10.2. The van der Waals surface area contributed by atoms with Gasteiger partial charge in [-0.15, -0.1) is 0 Å². The number of carbonyl (C=O) groups is 1. The summed E-state index contributed by atoms with van der Waals surface area (Å²) < 4.78 is 20.2. The fraction of sp³-hybridized carbons (Fsp3) is 0.333. The number of nitrogens with zero attached hydrogens (tertiary/aromatic N) is 4. The van der Waals surface area contributed by atoms with Crippen LogP contribution in [0.25, 0.3) is 5.69 Å². The highest BCUT2D eigenvalue weighted by Gasteiger charge is 2.18. The molecule has 2 aromatic carbocycles. The predicted octanol–water partition coefficient (Wildman–Crippen LogP) is 2.88. The highest BCUT2D eigenvalue weighted by Crippen LogP contribution is 2.23. The second-order valence-corrected chi connectivity index (χ2v) is 7.88. The number of benzene rings is 2. The molecule has 168 valence electrons. The summed E-state index contributed by atoms with van der Waals surface area (Å²) in [4.78, 5) is 17.1. The number of hydrogen-bond donors (Lipinski definition) is 1.